The van der Waals surface area contributed by atoms with Gasteiger partial charge in [-0.15, -0.1) is 0 Å². The number of hydrogen-bond donors (Lipinski definition) is 2. The molecule has 0 radical (unpaired) electrons. The number of nitrogens with one attached hydrogen (secondary N) is 2. The standard InChI is InChI=1S/C31H38ClN4O7P/c1-4-41-44(39,42-5-2)19-30(37)36-14-11-20(12-15-36)23-17-24-27(18-29(23)40-3)33-13-10-28(24)43-22-8-9-26(25(32)16-22)35-31(38)34-21-6-7-21/h8-9,11,16-18,21H,4-7,10,12-15,19H2,1-3H3,(H2,34,35,38). The summed E-state index contributed by atoms with van der Waals surface area (Å²) in [4.78, 5) is 31.4. The third-order valence-corrected chi connectivity index (χ3v) is 9.74. The topological polar surface area (TPSA) is 128 Å². The summed E-state index contributed by atoms with van der Waals surface area (Å²) in [7, 11) is -1.86. The molecule has 2 aromatic rings. The first kappa shape index (κ1) is 32.0. The van der Waals surface area contributed by atoms with Gasteiger partial charge in [0, 0.05) is 55.0 Å². The van der Waals surface area contributed by atoms with Crippen molar-refractivity contribution in [2.24, 2.45) is 4.99 Å². The minimum Gasteiger partial charge on any atom is -0.496 e. The van der Waals surface area contributed by atoms with Crippen LogP contribution in [0.1, 0.15) is 45.1 Å². The number of amides is 3. The van der Waals surface area contributed by atoms with E-state index in [-0.39, 0.29) is 37.4 Å². The molecule has 236 valence electrons. The van der Waals surface area contributed by atoms with Gasteiger partial charge in [0.25, 0.3) is 0 Å². The van der Waals surface area contributed by atoms with Crippen LogP contribution in [0.3, 0.4) is 0 Å². The van der Waals surface area contributed by atoms with Gasteiger partial charge < -0.3 is 34.1 Å². The number of methoxy groups -OCH3 is 1. The Morgan fingerprint density at radius 1 is 1.11 bits per heavy atom. The maximum absolute atomic E-state index is 13.0. The van der Waals surface area contributed by atoms with E-state index in [2.05, 4.69) is 15.6 Å². The van der Waals surface area contributed by atoms with E-state index in [4.69, 9.17) is 30.1 Å². The quantitative estimate of drug-likeness (QED) is 0.320. The number of anilines is 1. The average molecular weight is 645 g/mol. The Balaban J connectivity index is 1.35. The lowest BCUT2D eigenvalue weighted by Gasteiger charge is -2.28. The third kappa shape index (κ3) is 7.82. The van der Waals surface area contributed by atoms with Crippen molar-refractivity contribution in [1.82, 2.24) is 10.2 Å². The number of hydrogen-bond acceptors (Lipinski definition) is 8. The molecule has 1 fully saturated rings. The number of rotatable bonds is 12. The summed E-state index contributed by atoms with van der Waals surface area (Å²) in [5.41, 5.74) is 2.42. The molecule has 2 heterocycles. The smallest absolute Gasteiger partial charge is 0.340 e. The van der Waals surface area contributed by atoms with Gasteiger partial charge in [-0.3, -0.25) is 14.4 Å². The van der Waals surface area contributed by atoms with Gasteiger partial charge in [0.05, 0.1) is 36.4 Å². The maximum Gasteiger partial charge on any atom is 0.340 e. The van der Waals surface area contributed by atoms with Crippen molar-refractivity contribution < 1.29 is 32.7 Å². The Bertz CT molecular complexity index is 1620. The molecule has 0 unspecified atom stereocenters. The second-order valence-electron chi connectivity index (χ2n) is 10.7. The van der Waals surface area contributed by atoms with Gasteiger partial charge in [0.15, 0.2) is 0 Å². The lowest BCUT2D eigenvalue weighted by Crippen LogP contribution is -2.37. The highest BCUT2D eigenvalue weighted by molar-refractivity contribution is 7.54. The second kappa shape index (κ2) is 14.2. The fourth-order valence-corrected chi connectivity index (χ4v) is 6.96. The van der Waals surface area contributed by atoms with Crippen LogP contribution in [-0.2, 0) is 18.4 Å². The number of halogens is 1. The summed E-state index contributed by atoms with van der Waals surface area (Å²) < 4.78 is 35.6. The molecule has 0 aromatic heterocycles. The summed E-state index contributed by atoms with van der Waals surface area (Å²) >= 11 is 6.48. The van der Waals surface area contributed by atoms with Crippen molar-refractivity contribution in [1.29, 1.82) is 0 Å². The van der Waals surface area contributed by atoms with Gasteiger partial charge in [-0.1, -0.05) is 17.7 Å². The molecule has 0 atom stereocenters. The minimum atomic E-state index is -3.48. The molecule has 2 aromatic carbocycles. The highest BCUT2D eigenvalue weighted by Gasteiger charge is 2.31. The third-order valence-electron chi connectivity index (χ3n) is 7.47. The summed E-state index contributed by atoms with van der Waals surface area (Å²) in [6, 6.07) is 9.07. The fraction of sp³-hybridized carbons (Fsp3) is 0.452. The summed E-state index contributed by atoms with van der Waals surface area (Å²) in [5.74, 6) is 1.71. The van der Waals surface area contributed by atoms with Crippen LogP contribution in [0.15, 0.2) is 41.4 Å². The Morgan fingerprint density at radius 3 is 2.52 bits per heavy atom. The van der Waals surface area contributed by atoms with Gasteiger partial charge in [-0.2, -0.15) is 0 Å². The van der Waals surface area contributed by atoms with Gasteiger partial charge >= 0.3 is 13.6 Å². The van der Waals surface area contributed by atoms with Crippen molar-refractivity contribution in [2.45, 2.75) is 45.6 Å². The van der Waals surface area contributed by atoms with Crippen LogP contribution in [-0.4, -0.2) is 69.0 Å². The van der Waals surface area contributed by atoms with Crippen LogP contribution in [0.4, 0.5) is 10.5 Å². The van der Waals surface area contributed by atoms with Gasteiger partial charge in [0.1, 0.15) is 23.4 Å². The molecule has 1 aliphatic carbocycles. The van der Waals surface area contributed by atoms with Crippen LogP contribution in [0.2, 0.25) is 5.02 Å². The predicted octanol–water partition coefficient (Wildman–Crippen LogP) is 4.72. The SMILES string of the molecule is CCOP(=O)(CC(=O)N1CC=C(c2cc3c(cc2OC)=NCCC=3Oc2ccc(NC(=O)NC3CC3)c(Cl)c2)CC1)OCC. The Kier molecular flexibility index (Phi) is 10.3. The minimum absolute atomic E-state index is 0.205. The number of carbonyl (C=O) groups is 2. The van der Waals surface area contributed by atoms with E-state index in [9.17, 15) is 14.2 Å². The lowest BCUT2D eigenvalue weighted by atomic mass is 9.96. The Hall–Kier alpha value is -3.37. The maximum atomic E-state index is 13.0. The van der Waals surface area contributed by atoms with Crippen LogP contribution in [0, 0.1) is 0 Å². The van der Waals surface area contributed by atoms with Crippen LogP contribution in [0.25, 0.3) is 11.3 Å². The molecule has 44 heavy (non-hydrogen) atoms. The zero-order valence-electron chi connectivity index (χ0n) is 25.2. The molecule has 13 heteroatoms. The van der Waals surface area contributed by atoms with E-state index >= 15 is 0 Å². The number of urea groups is 1. The highest BCUT2D eigenvalue weighted by atomic mass is 35.5. The summed E-state index contributed by atoms with van der Waals surface area (Å²) in [6.07, 6.45) is 4.88. The van der Waals surface area contributed by atoms with Crippen LogP contribution >= 0.6 is 19.2 Å². The predicted molar refractivity (Wildman–Crippen MR) is 169 cm³/mol. The van der Waals surface area contributed by atoms with Crippen molar-refractivity contribution in [2.75, 3.05) is 51.4 Å². The Labute approximate surface area is 261 Å². The molecule has 11 nitrogen and oxygen atoms in total. The van der Waals surface area contributed by atoms with Gasteiger partial charge in [-0.25, -0.2) is 4.79 Å². The van der Waals surface area contributed by atoms with Crippen LogP contribution in [0.5, 0.6) is 11.5 Å². The molecule has 2 aliphatic heterocycles. The largest absolute Gasteiger partial charge is 0.496 e. The summed E-state index contributed by atoms with van der Waals surface area (Å²) in [6.45, 7) is 5.24. The average Bonchev–Trinajstić information content (AvgIpc) is 3.82. The van der Waals surface area contributed by atoms with Crippen molar-refractivity contribution in [3.63, 3.8) is 0 Å². The van der Waals surface area contributed by atoms with E-state index in [1.807, 2.05) is 18.2 Å². The molecule has 3 amide bonds. The summed E-state index contributed by atoms with van der Waals surface area (Å²) in [5, 5.41) is 7.65. The number of carbonyl (C=O) groups excluding carboxylic acids is 2. The van der Waals surface area contributed by atoms with E-state index < -0.39 is 7.60 Å². The zero-order chi connectivity index (χ0) is 31.3. The normalized spacial score (nSPS) is 16.4. The number of ether oxygens (including phenoxy) is 2. The second-order valence-corrected chi connectivity index (χ2v) is 13.1. The van der Waals surface area contributed by atoms with Gasteiger partial charge in [-0.05, 0) is 56.9 Å². The number of nitrogens with zero attached hydrogens (tertiary/aromatic N) is 2. The van der Waals surface area contributed by atoms with Crippen molar-refractivity contribution in [3.05, 3.63) is 57.6 Å². The molecular weight excluding hydrogens is 607 g/mol. The van der Waals surface area contributed by atoms with E-state index in [1.165, 1.54) is 0 Å². The molecule has 1 saturated carbocycles. The van der Waals surface area contributed by atoms with E-state index in [1.54, 1.807) is 44.1 Å². The van der Waals surface area contributed by atoms with E-state index in [0.717, 1.165) is 40.3 Å². The Morgan fingerprint density at radius 2 is 1.89 bits per heavy atom. The van der Waals surface area contributed by atoms with Gasteiger partial charge in [0.2, 0.25) is 5.91 Å². The molecule has 0 bridgehead atoms. The van der Waals surface area contributed by atoms with Crippen molar-refractivity contribution in [3.8, 4) is 11.5 Å². The number of fused-ring (bicyclic) bond motifs is 1. The highest BCUT2D eigenvalue weighted by Crippen LogP contribution is 2.48. The first-order valence-corrected chi connectivity index (χ1v) is 17.0. The first-order valence-electron chi connectivity index (χ1n) is 14.9. The van der Waals surface area contributed by atoms with E-state index in [0.29, 0.717) is 54.7 Å². The molecule has 0 spiro atoms. The lowest BCUT2D eigenvalue weighted by molar-refractivity contribution is -0.128. The van der Waals surface area contributed by atoms with Crippen molar-refractivity contribution >= 4 is 48.2 Å². The number of benzene rings is 2. The molecule has 0 saturated heterocycles. The van der Waals surface area contributed by atoms with Crippen LogP contribution < -0.4 is 30.7 Å². The molecule has 5 rings (SSSR count). The fourth-order valence-electron chi connectivity index (χ4n) is 5.16. The first-order chi connectivity index (χ1) is 21.2. The monoisotopic (exact) mass is 644 g/mol. The molecular formula is C31H38ClN4O7P. The molecule has 2 N–H and O–H groups in total. The zero-order valence-corrected chi connectivity index (χ0v) is 26.8. The molecule has 3 aliphatic rings.